The van der Waals surface area contributed by atoms with Crippen molar-refractivity contribution in [3.8, 4) is 0 Å². The summed E-state index contributed by atoms with van der Waals surface area (Å²) in [6, 6.07) is 0. The Morgan fingerprint density at radius 1 is 0.889 bits per heavy atom. The van der Waals surface area contributed by atoms with Crippen LogP contribution < -0.4 is 0 Å². The molecule has 18 heavy (non-hydrogen) atoms. The van der Waals surface area contributed by atoms with Gasteiger partial charge in [-0.15, -0.1) is 0 Å². The summed E-state index contributed by atoms with van der Waals surface area (Å²) in [5.74, 6) is 0.321. The molecular weight excluding hydrogens is 220 g/mol. The van der Waals surface area contributed by atoms with Crippen molar-refractivity contribution in [3.63, 3.8) is 0 Å². The minimum Gasteiger partial charge on any atom is -0.300 e. The lowest BCUT2D eigenvalue weighted by Gasteiger charge is -2.25. The van der Waals surface area contributed by atoms with Gasteiger partial charge in [-0.25, -0.2) is 0 Å². The molecule has 0 saturated heterocycles. The minimum atomic E-state index is 0.170. The molecule has 0 heterocycles. The molecule has 0 bridgehead atoms. The number of carbonyl (C=O) groups excluding carboxylic acids is 1. The third-order valence-electron chi connectivity index (χ3n) is 4.97. The normalized spacial score (nSPS) is 16.8. The van der Waals surface area contributed by atoms with Crippen molar-refractivity contribution in [2.24, 2.45) is 0 Å². The van der Waals surface area contributed by atoms with Crippen molar-refractivity contribution in [1.82, 2.24) is 0 Å². The molecular formula is C17H24O. The van der Waals surface area contributed by atoms with Crippen LogP contribution in [0.2, 0.25) is 0 Å². The van der Waals surface area contributed by atoms with E-state index in [0.717, 1.165) is 6.42 Å². The van der Waals surface area contributed by atoms with Crippen molar-refractivity contribution in [2.45, 2.75) is 66.2 Å². The molecule has 0 unspecified atom stereocenters. The van der Waals surface area contributed by atoms with Crippen molar-refractivity contribution < 1.29 is 4.79 Å². The van der Waals surface area contributed by atoms with Crippen molar-refractivity contribution in [2.75, 3.05) is 0 Å². The van der Waals surface area contributed by atoms with Gasteiger partial charge in [0.1, 0.15) is 5.78 Å². The molecule has 98 valence electrons. The van der Waals surface area contributed by atoms with Gasteiger partial charge in [-0.3, -0.25) is 4.79 Å². The number of Topliss-reactive ketones (excluding diaryl/α,β-unsaturated/α-hetero) is 1. The molecule has 0 aromatic heterocycles. The first kappa shape index (κ1) is 13.3. The van der Waals surface area contributed by atoms with Crippen LogP contribution in [0.15, 0.2) is 0 Å². The molecule has 0 radical (unpaired) electrons. The number of carbonyl (C=O) groups is 1. The highest BCUT2D eigenvalue weighted by Gasteiger charge is 2.47. The molecule has 0 atom stereocenters. The predicted molar refractivity (Wildman–Crippen MR) is 76.3 cm³/mol. The molecule has 1 heteroatoms. The number of hydrogen-bond donors (Lipinski definition) is 0. The Labute approximate surface area is 111 Å². The van der Waals surface area contributed by atoms with E-state index < -0.39 is 0 Å². The molecule has 1 nitrogen and oxygen atoms in total. The molecule has 0 spiro atoms. The van der Waals surface area contributed by atoms with Crippen LogP contribution in [-0.2, 0) is 10.2 Å². The molecule has 1 fully saturated rings. The zero-order valence-electron chi connectivity index (χ0n) is 12.5. The smallest absolute Gasteiger partial charge is 0.130 e. The van der Waals surface area contributed by atoms with E-state index in [1.165, 1.54) is 46.2 Å². The van der Waals surface area contributed by atoms with E-state index >= 15 is 0 Å². The quantitative estimate of drug-likeness (QED) is 0.777. The number of hydrogen-bond acceptors (Lipinski definition) is 1. The van der Waals surface area contributed by atoms with Crippen molar-refractivity contribution in [3.05, 3.63) is 33.4 Å². The molecule has 0 aliphatic heterocycles. The topological polar surface area (TPSA) is 17.1 Å². The highest BCUT2D eigenvalue weighted by molar-refractivity contribution is 5.78. The number of rotatable bonds is 3. The Hall–Kier alpha value is -1.11. The van der Waals surface area contributed by atoms with E-state index in [4.69, 9.17) is 0 Å². The van der Waals surface area contributed by atoms with E-state index in [0.29, 0.717) is 5.78 Å². The van der Waals surface area contributed by atoms with Gasteiger partial charge in [-0.2, -0.15) is 0 Å². The van der Waals surface area contributed by atoms with Gasteiger partial charge in [0.15, 0.2) is 0 Å². The molecule has 1 aromatic rings. The highest BCUT2D eigenvalue weighted by atomic mass is 16.1. The average molecular weight is 244 g/mol. The summed E-state index contributed by atoms with van der Waals surface area (Å²) in [4.78, 5) is 11.5. The Morgan fingerprint density at radius 3 is 1.61 bits per heavy atom. The van der Waals surface area contributed by atoms with Crippen LogP contribution in [-0.4, -0.2) is 5.78 Å². The zero-order valence-corrected chi connectivity index (χ0v) is 12.5. The van der Waals surface area contributed by atoms with Crippen LogP contribution in [0.3, 0.4) is 0 Å². The summed E-state index contributed by atoms with van der Waals surface area (Å²) in [7, 11) is 0. The maximum Gasteiger partial charge on any atom is 0.130 e. The zero-order chi connectivity index (χ0) is 13.7. The number of benzene rings is 1. The standard InChI is InChI=1S/C17H24O/c1-10(18)9-17(7-8-17)16-14(5)12(3)11(2)13(4)15(16)6/h7-9H2,1-6H3. The lowest BCUT2D eigenvalue weighted by Crippen LogP contribution is -2.17. The first-order valence-corrected chi connectivity index (χ1v) is 6.87. The van der Waals surface area contributed by atoms with E-state index in [1.807, 2.05) is 0 Å². The summed E-state index contributed by atoms with van der Waals surface area (Å²) in [6.45, 7) is 12.8. The summed E-state index contributed by atoms with van der Waals surface area (Å²) in [5.41, 5.74) is 8.68. The average Bonchev–Trinajstić information content (AvgIpc) is 3.03. The van der Waals surface area contributed by atoms with Gasteiger partial charge in [0.05, 0.1) is 0 Å². The first-order valence-electron chi connectivity index (χ1n) is 6.87. The van der Waals surface area contributed by atoms with Gasteiger partial charge in [0.25, 0.3) is 0 Å². The van der Waals surface area contributed by atoms with E-state index in [9.17, 15) is 4.79 Å². The lowest BCUT2D eigenvalue weighted by molar-refractivity contribution is -0.117. The van der Waals surface area contributed by atoms with Crippen LogP contribution >= 0.6 is 0 Å². The lowest BCUT2D eigenvalue weighted by atomic mass is 9.79. The van der Waals surface area contributed by atoms with Crippen molar-refractivity contribution in [1.29, 1.82) is 0 Å². The van der Waals surface area contributed by atoms with Crippen LogP contribution in [0.25, 0.3) is 0 Å². The number of ketones is 1. The molecule has 0 amide bonds. The summed E-state index contributed by atoms with van der Waals surface area (Å²) in [6.07, 6.45) is 3.07. The fraction of sp³-hybridized carbons (Fsp3) is 0.588. The summed E-state index contributed by atoms with van der Waals surface area (Å²) in [5, 5.41) is 0. The fourth-order valence-electron chi connectivity index (χ4n) is 3.44. The van der Waals surface area contributed by atoms with Gasteiger partial charge in [-0.05, 0) is 87.8 Å². The predicted octanol–water partition coefficient (Wildman–Crippen LogP) is 4.24. The van der Waals surface area contributed by atoms with Gasteiger partial charge >= 0.3 is 0 Å². The minimum absolute atomic E-state index is 0.170. The van der Waals surface area contributed by atoms with Crippen molar-refractivity contribution >= 4 is 5.78 Å². The van der Waals surface area contributed by atoms with E-state index in [1.54, 1.807) is 6.92 Å². The monoisotopic (exact) mass is 244 g/mol. The van der Waals surface area contributed by atoms with Gasteiger partial charge < -0.3 is 0 Å². The maximum atomic E-state index is 11.5. The van der Waals surface area contributed by atoms with Crippen LogP contribution in [0.1, 0.15) is 59.6 Å². The summed E-state index contributed by atoms with van der Waals surface area (Å²) < 4.78 is 0. The fourth-order valence-corrected chi connectivity index (χ4v) is 3.44. The molecule has 1 saturated carbocycles. The van der Waals surface area contributed by atoms with Gasteiger partial charge in [0.2, 0.25) is 0 Å². The third kappa shape index (κ3) is 1.90. The van der Waals surface area contributed by atoms with Gasteiger partial charge in [0, 0.05) is 11.8 Å². The van der Waals surface area contributed by atoms with E-state index in [2.05, 4.69) is 34.6 Å². The SMILES string of the molecule is CC(=O)CC1(c2c(C)c(C)c(C)c(C)c2C)CC1. The Balaban J connectivity index is 2.62. The third-order valence-corrected chi connectivity index (χ3v) is 4.97. The molecule has 1 aliphatic carbocycles. The largest absolute Gasteiger partial charge is 0.300 e. The second-order valence-electron chi connectivity index (χ2n) is 6.16. The van der Waals surface area contributed by atoms with Crippen LogP contribution in [0.5, 0.6) is 0 Å². The van der Waals surface area contributed by atoms with Gasteiger partial charge in [-0.1, -0.05) is 0 Å². The second-order valence-corrected chi connectivity index (χ2v) is 6.16. The first-order chi connectivity index (χ1) is 8.30. The molecule has 1 aromatic carbocycles. The van der Waals surface area contributed by atoms with Crippen LogP contribution in [0, 0.1) is 34.6 Å². The Morgan fingerprint density at radius 2 is 1.28 bits per heavy atom. The maximum absolute atomic E-state index is 11.5. The van der Waals surface area contributed by atoms with E-state index in [-0.39, 0.29) is 5.41 Å². The molecule has 1 aliphatic rings. The molecule has 0 N–H and O–H groups in total. The summed E-state index contributed by atoms with van der Waals surface area (Å²) >= 11 is 0. The van der Waals surface area contributed by atoms with Crippen LogP contribution in [0.4, 0.5) is 0 Å². The Kier molecular flexibility index (Phi) is 3.12. The second kappa shape index (κ2) is 4.22. The Bertz CT molecular complexity index is 490. The molecule has 2 rings (SSSR count). The highest BCUT2D eigenvalue weighted by Crippen LogP contribution is 2.54.